The Kier molecular flexibility index (Phi) is 29.1. The number of halogens is 6. The van der Waals surface area contributed by atoms with E-state index in [9.17, 15) is 56.9 Å². The fourth-order valence-corrected chi connectivity index (χ4v) is 22.7. The molecule has 0 aromatic rings. The van der Waals surface area contributed by atoms with E-state index in [1.54, 1.807) is 35.3 Å². The molecule has 0 spiro atoms. The van der Waals surface area contributed by atoms with Gasteiger partial charge in [-0.15, -0.1) is 0 Å². The lowest BCUT2D eigenvalue weighted by molar-refractivity contribution is -0.135. The molecule has 0 aromatic carbocycles. The predicted molar refractivity (Wildman–Crippen MR) is 270 cm³/mol. The third-order valence-corrected chi connectivity index (χ3v) is 27.2. The quantitative estimate of drug-likeness (QED) is 0.0881. The maximum Gasteiger partial charge on any atom is 0.390 e. The Morgan fingerprint density at radius 1 is 0.471 bits per heavy atom. The molecule has 20 nitrogen and oxygen atoms in total. The highest BCUT2D eigenvalue weighted by molar-refractivity contribution is 8.02. The molecule has 15 unspecified atom stereocenters. The topological polar surface area (TPSA) is 411 Å². The van der Waals surface area contributed by atoms with E-state index < -0.39 is 118 Å². The summed E-state index contributed by atoms with van der Waals surface area (Å²) >= 11 is 6.42. The highest BCUT2D eigenvalue weighted by Crippen LogP contribution is 2.53. The van der Waals surface area contributed by atoms with Crippen LogP contribution in [-0.2, 0) is 33.9 Å². The maximum atomic E-state index is 12.2. The molecule has 5 saturated heterocycles. The summed E-state index contributed by atoms with van der Waals surface area (Å²) in [4.78, 5) is 54.2. The van der Waals surface area contributed by atoms with Gasteiger partial charge in [0.15, 0.2) is 0 Å². The van der Waals surface area contributed by atoms with Crippen molar-refractivity contribution in [2.45, 2.75) is 175 Å². The van der Waals surface area contributed by atoms with Crippen LogP contribution in [0.25, 0.3) is 0 Å². The molecule has 36 heteroatoms. The molecule has 420 valence electrons. The Morgan fingerprint density at radius 3 is 1.07 bits per heavy atom. The normalized spacial score (nSPS) is 34.9. The van der Waals surface area contributed by atoms with Crippen molar-refractivity contribution in [1.82, 2.24) is 0 Å². The summed E-state index contributed by atoms with van der Waals surface area (Å²) in [5.74, 6) is 2.97. The first-order chi connectivity index (χ1) is 31.5. The number of alkyl halides is 6. The van der Waals surface area contributed by atoms with Crippen LogP contribution in [-0.4, -0.2) is 180 Å². The Hall–Kier alpha value is 1.40. The Labute approximate surface area is 426 Å². The second-order valence-corrected chi connectivity index (χ2v) is 32.8. The van der Waals surface area contributed by atoms with Crippen LogP contribution in [0.15, 0.2) is 0 Å². The average molecular weight is 1220 g/mol. The largest absolute Gasteiger partial charge is 0.390 e. The molecule has 15 atom stereocenters. The standard InChI is InChI=1S/C7H13F3NO3PS.C7H12F3NO3S2.C7H16NO3PS.C7H15NO3S2.C6H14NO3PS/c8-7(9,10)2-6-5(15(12,13)14)1-4(11)3-16-6;8-7(9,10)2-5-6(16(12,13)14)1-4(11)3-15-5;1-2-7-6(12(9,10)11)3-5(8)4-13-7;1-2-6-7(13(9,10)11)3-5(8)4-12-6;1-4-6(11(8,9)10)2-5(7)3-12-4/h4-6H,1-3,11H2,(H2,12,13,14);4-6H,1-3,11H2,(H,12,13,14);5-7H,2-4,8H2,1H3,(H2,9,10,11);5-7H,2-4,8H2,1H3,(H,9,10,11);4-6H,2-3,7H2,1H3,(H2,8,9,10). The van der Waals surface area contributed by atoms with Gasteiger partial charge in [0.25, 0.3) is 20.2 Å². The summed E-state index contributed by atoms with van der Waals surface area (Å²) in [6.45, 7) is 5.73. The Morgan fingerprint density at radius 2 is 0.743 bits per heavy atom. The lowest BCUT2D eigenvalue weighted by Gasteiger charge is -2.34. The summed E-state index contributed by atoms with van der Waals surface area (Å²) in [6, 6.07) is -1.19. The van der Waals surface area contributed by atoms with Gasteiger partial charge >= 0.3 is 35.1 Å². The van der Waals surface area contributed by atoms with E-state index in [2.05, 4.69) is 0 Å². The van der Waals surface area contributed by atoms with Gasteiger partial charge in [0.1, 0.15) is 5.25 Å². The van der Waals surface area contributed by atoms with Crippen LogP contribution in [0, 0.1) is 0 Å². The Balaban J connectivity index is 0.000000439. The summed E-state index contributed by atoms with van der Waals surface area (Å²) in [7, 11) is -20.8. The summed E-state index contributed by atoms with van der Waals surface area (Å²) in [6.07, 6.45) is -8.62. The van der Waals surface area contributed by atoms with Crippen LogP contribution in [0.5, 0.6) is 0 Å². The average Bonchev–Trinajstić information content (AvgIpc) is 3.18. The molecular formula is C34H70F6N5O15P3S7. The maximum absolute atomic E-state index is 12.2. The number of rotatable bonds is 9. The SMILES string of the molecule is CC1SCC(N)CC1P(=O)(O)O.CCC1SCC(N)CC1P(=O)(O)O.CCC1SCC(N)CC1S(=O)(=O)O.NC1CSC(CC(F)(F)F)C(P(=O)(O)O)C1.NC1CSC(CC(F)(F)F)C(S(=O)(=O)O)C1. The summed E-state index contributed by atoms with van der Waals surface area (Å²) < 4.78 is 168. The molecule has 0 bridgehead atoms. The zero-order valence-electron chi connectivity index (χ0n) is 38.3. The predicted octanol–water partition coefficient (Wildman–Crippen LogP) is 3.99. The highest BCUT2D eigenvalue weighted by atomic mass is 32.2. The first-order valence-corrected chi connectivity index (χ1v) is 34.9. The minimum Gasteiger partial charge on any atom is -0.327 e. The molecule has 0 saturated carbocycles. The van der Waals surface area contributed by atoms with Crippen LogP contribution < -0.4 is 28.7 Å². The van der Waals surface area contributed by atoms with Gasteiger partial charge in [-0.25, -0.2) is 0 Å². The van der Waals surface area contributed by atoms with Crippen LogP contribution in [0.1, 0.15) is 78.6 Å². The molecule has 0 amide bonds. The van der Waals surface area contributed by atoms with Gasteiger partial charge in [-0.3, -0.25) is 22.8 Å². The van der Waals surface area contributed by atoms with Gasteiger partial charge in [0, 0.05) is 85.2 Å². The van der Waals surface area contributed by atoms with E-state index in [0.717, 1.165) is 53.6 Å². The van der Waals surface area contributed by atoms with Gasteiger partial charge in [-0.2, -0.15) is 102 Å². The molecule has 70 heavy (non-hydrogen) atoms. The fraction of sp³-hybridized carbons (Fsp3) is 1.00. The lowest BCUT2D eigenvalue weighted by atomic mass is 10.1. The number of nitrogens with two attached hydrogens (primary N) is 5. The molecule has 5 heterocycles. The van der Waals surface area contributed by atoms with Crippen LogP contribution in [0.3, 0.4) is 0 Å². The summed E-state index contributed by atoms with van der Waals surface area (Å²) in [5.41, 5.74) is 25.5. The van der Waals surface area contributed by atoms with Crippen LogP contribution in [0.4, 0.5) is 26.3 Å². The number of hydrogen-bond acceptors (Lipinski definition) is 17. The van der Waals surface area contributed by atoms with E-state index in [4.69, 9.17) is 67.1 Å². The van der Waals surface area contributed by atoms with Gasteiger partial charge in [-0.05, 0) is 44.9 Å². The zero-order valence-corrected chi connectivity index (χ0v) is 46.7. The molecule has 0 aliphatic carbocycles. The van der Waals surface area contributed by atoms with E-state index in [1.165, 1.54) is 0 Å². The second-order valence-electron chi connectivity index (χ2n) is 17.5. The molecule has 0 radical (unpaired) electrons. The fourth-order valence-electron chi connectivity index (χ4n) is 7.84. The molecule has 5 aliphatic rings. The molecule has 5 aliphatic heterocycles. The van der Waals surface area contributed by atoms with E-state index in [-0.39, 0.29) is 52.5 Å². The zero-order chi connectivity index (χ0) is 54.6. The van der Waals surface area contributed by atoms with Crippen molar-refractivity contribution in [2.75, 3.05) is 28.8 Å². The van der Waals surface area contributed by atoms with Crippen molar-refractivity contribution < 1.29 is 95.3 Å². The monoisotopic (exact) mass is 1220 g/mol. The second kappa shape index (κ2) is 29.4. The number of thioether (sulfide) groups is 5. The van der Waals surface area contributed by atoms with E-state index in [1.807, 2.05) is 20.8 Å². The minimum atomic E-state index is -4.52. The molecule has 5 rings (SSSR count). The molecular weight excluding hydrogens is 1150 g/mol. The summed E-state index contributed by atoms with van der Waals surface area (Å²) in [5, 5.41) is -4.29. The lowest BCUT2D eigenvalue weighted by Crippen LogP contribution is -2.45. The molecule has 0 aromatic heterocycles. The first kappa shape index (κ1) is 69.4. The third kappa shape index (κ3) is 26.6. The van der Waals surface area contributed by atoms with E-state index in [0.29, 0.717) is 25.0 Å². The third-order valence-electron chi connectivity index (χ3n) is 11.3. The van der Waals surface area contributed by atoms with Crippen molar-refractivity contribution in [2.24, 2.45) is 28.7 Å². The van der Waals surface area contributed by atoms with Gasteiger partial charge in [0.05, 0.1) is 35.1 Å². The smallest absolute Gasteiger partial charge is 0.327 e. The van der Waals surface area contributed by atoms with Gasteiger partial charge in [-0.1, -0.05) is 20.8 Å². The first-order valence-electron chi connectivity index (χ1n) is 21.6. The molecule has 18 N–H and O–H groups in total. The van der Waals surface area contributed by atoms with Crippen LogP contribution in [0.2, 0.25) is 0 Å². The molecule has 5 fully saturated rings. The van der Waals surface area contributed by atoms with Crippen molar-refractivity contribution in [3.05, 3.63) is 0 Å². The van der Waals surface area contributed by atoms with Crippen molar-refractivity contribution in [3.63, 3.8) is 0 Å². The van der Waals surface area contributed by atoms with Crippen molar-refractivity contribution in [3.8, 4) is 0 Å². The van der Waals surface area contributed by atoms with E-state index >= 15 is 0 Å². The van der Waals surface area contributed by atoms with Crippen molar-refractivity contribution >= 4 is 102 Å². The van der Waals surface area contributed by atoms with Gasteiger partial charge in [0.2, 0.25) is 0 Å². The highest BCUT2D eigenvalue weighted by Gasteiger charge is 2.47. The minimum absolute atomic E-state index is 0.00481. The number of hydrogen-bond donors (Lipinski definition) is 13. The van der Waals surface area contributed by atoms with Crippen molar-refractivity contribution in [1.29, 1.82) is 0 Å². The Bertz CT molecular complexity index is 1970. The van der Waals surface area contributed by atoms with Crippen LogP contribution >= 0.6 is 81.6 Å². The van der Waals surface area contributed by atoms with Gasteiger partial charge < -0.3 is 58.0 Å².